The number of aromatic amines is 1. The Bertz CT molecular complexity index is 1220. The predicted octanol–water partition coefficient (Wildman–Crippen LogP) is 2.45. The number of nitrogens with zero attached hydrogens (tertiary/aromatic N) is 4. The van der Waals surface area contributed by atoms with Gasteiger partial charge in [-0.05, 0) is 23.6 Å². The second-order valence-corrected chi connectivity index (χ2v) is 7.32. The number of aromatic nitrogens is 3. The van der Waals surface area contributed by atoms with Gasteiger partial charge in [-0.25, -0.2) is 10.1 Å². The first kappa shape index (κ1) is 20.6. The molecule has 3 rings (SSSR count). The summed E-state index contributed by atoms with van der Waals surface area (Å²) in [6.07, 6.45) is 0. The van der Waals surface area contributed by atoms with Gasteiger partial charge in [0, 0.05) is 10.3 Å². The zero-order chi connectivity index (χ0) is 21.2. The van der Waals surface area contributed by atoms with Crippen LogP contribution in [0.2, 0.25) is 0 Å². The van der Waals surface area contributed by atoms with Gasteiger partial charge in [0.1, 0.15) is 10.6 Å². The standard InChI is InChI=1S/C13H9N5O9S2/c19-10-8(29(23,24)25)4-5-3-6(28-27-26-22)1-2-7(5)9(10)15-17-13-14-11(12(20)21)16-18-13/h1-4,19,22H,(H,20,21)(H,14,16,18)(H,23,24,25)/b17-15+. The highest BCUT2D eigenvalue weighted by molar-refractivity contribution is 7.94. The van der Waals surface area contributed by atoms with Crippen LogP contribution in [0.3, 0.4) is 0 Å². The van der Waals surface area contributed by atoms with Crippen LogP contribution in [0.4, 0.5) is 11.6 Å². The number of rotatable bonds is 7. The molecule has 14 nitrogen and oxygen atoms in total. The maximum atomic E-state index is 11.6. The van der Waals surface area contributed by atoms with Crippen LogP contribution in [0.25, 0.3) is 10.8 Å². The van der Waals surface area contributed by atoms with Gasteiger partial charge in [-0.15, -0.1) is 24.8 Å². The highest BCUT2D eigenvalue weighted by Crippen LogP contribution is 2.42. The van der Waals surface area contributed by atoms with E-state index in [1.54, 1.807) is 0 Å². The fourth-order valence-corrected chi connectivity index (χ4v) is 3.25. The molecule has 5 N–H and O–H groups in total. The molecule has 0 amide bonds. The summed E-state index contributed by atoms with van der Waals surface area (Å²) in [6, 6.07) is 5.26. The van der Waals surface area contributed by atoms with E-state index in [0.717, 1.165) is 6.07 Å². The lowest BCUT2D eigenvalue weighted by molar-refractivity contribution is -0.432. The molecule has 0 spiro atoms. The van der Waals surface area contributed by atoms with Crippen molar-refractivity contribution in [1.29, 1.82) is 0 Å². The molecule has 0 bridgehead atoms. The molecule has 0 aliphatic heterocycles. The number of hydrogen-bond donors (Lipinski definition) is 5. The van der Waals surface area contributed by atoms with E-state index >= 15 is 0 Å². The number of nitrogens with one attached hydrogen (secondary N) is 1. The van der Waals surface area contributed by atoms with Crippen LogP contribution in [0, 0.1) is 0 Å². The summed E-state index contributed by atoms with van der Waals surface area (Å²) < 4.78 is 36.9. The number of carboxylic acids is 1. The van der Waals surface area contributed by atoms with Crippen molar-refractivity contribution < 1.29 is 42.6 Å². The zero-order valence-electron chi connectivity index (χ0n) is 13.7. The van der Waals surface area contributed by atoms with E-state index < -0.39 is 32.6 Å². The number of carboxylic acid groups (broad SMARTS) is 1. The number of phenolic OH excluding ortho intramolecular Hbond substituents is 1. The second-order valence-electron chi connectivity index (χ2n) is 5.16. The minimum absolute atomic E-state index is 0.194. The molecule has 0 aliphatic carbocycles. The lowest BCUT2D eigenvalue weighted by Gasteiger charge is -2.09. The molecule has 3 aromatic rings. The molecule has 0 saturated carbocycles. The first-order valence-electron chi connectivity index (χ1n) is 7.20. The average Bonchev–Trinajstić information content (AvgIpc) is 3.13. The van der Waals surface area contributed by atoms with E-state index in [4.69, 9.17) is 10.4 Å². The van der Waals surface area contributed by atoms with Crippen molar-refractivity contribution in [1.82, 2.24) is 15.2 Å². The summed E-state index contributed by atoms with van der Waals surface area (Å²) in [7, 11) is -4.84. The number of aromatic carboxylic acids is 1. The third-order valence-corrected chi connectivity index (χ3v) is 4.83. The maximum absolute atomic E-state index is 11.6. The number of aromatic hydroxyl groups is 1. The van der Waals surface area contributed by atoms with E-state index in [2.05, 4.69) is 34.8 Å². The summed E-state index contributed by atoms with van der Waals surface area (Å²) in [5.41, 5.74) is -0.348. The molecule has 1 aromatic heterocycles. The normalized spacial score (nSPS) is 12.1. The predicted molar refractivity (Wildman–Crippen MR) is 93.6 cm³/mol. The van der Waals surface area contributed by atoms with Crippen molar-refractivity contribution in [2.75, 3.05) is 0 Å². The van der Waals surface area contributed by atoms with Crippen molar-refractivity contribution in [3.8, 4) is 5.75 Å². The number of azo groups is 1. The summed E-state index contributed by atoms with van der Waals surface area (Å²) in [6.45, 7) is 0. The minimum atomic E-state index is -4.84. The van der Waals surface area contributed by atoms with Crippen molar-refractivity contribution in [2.24, 2.45) is 10.2 Å². The first-order valence-corrected chi connectivity index (χ1v) is 9.38. The van der Waals surface area contributed by atoms with E-state index in [9.17, 15) is 22.9 Å². The molecule has 152 valence electrons. The van der Waals surface area contributed by atoms with Gasteiger partial charge in [-0.1, -0.05) is 11.1 Å². The Labute approximate surface area is 164 Å². The van der Waals surface area contributed by atoms with Gasteiger partial charge in [0.25, 0.3) is 16.1 Å². The summed E-state index contributed by atoms with van der Waals surface area (Å²) in [5.74, 6) is -3.11. The number of benzene rings is 2. The van der Waals surface area contributed by atoms with E-state index in [0.29, 0.717) is 16.9 Å². The Balaban J connectivity index is 2.15. The molecule has 0 radical (unpaired) electrons. The smallest absolute Gasteiger partial charge is 0.373 e. The van der Waals surface area contributed by atoms with Gasteiger partial charge in [0.2, 0.25) is 5.82 Å². The SMILES string of the molecule is O=C(O)c1nnc(/N=N/c2c(O)c(S(=O)(=O)O)cc3cc(SOOO)ccc23)[nH]1. The molecule has 0 atom stereocenters. The maximum Gasteiger partial charge on any atom is 0.373 e. The van der Waals surface area contributed by atoms with Crippen LogP contribution in [0.15, 0.2) is 44.3 Å². The van der Waals surface area contributed by atoms with Crippen molar-refractivity contribution in [2.45, 2.75) is 9.79 Å². The van der Waals surface area contributed by atoms with Crippen LogP contribution in [-0.4, -0.2) is 49.6 Å². The van der Waals surface area contributed by atoms with Crippen LogP contribution in [-0.2, 0) is 19.5 Å². The lowest BCUT2D eigenvalue weighted by atomic mass is 10.1. The second kappa shape index (κ2) is 8.07. The van der Waals surface area contributed by atoms with Crippen LogP contribution in [0.1, 0.15) is 10.6 Å². The molecule has 16 heteroatoms. The molecule has 0 saturated heterocycles. The van der Waals surface area contributed by atoms with E-state index in [-0.39, 0.29) is 22.4 Å². The third-order valence-electron chi connectivity index (χ3n) is 3.38. The molecular weight excluding hydrogens is 434 g/mol. The molecule has 1 heterocycles. The van der Waals surface area contributed by atoms with Gasteiger partial charge < -0.3 is 10.2 Å². The Morgan fingerprint density at radius 2 is 1.97 bits per heavy atom. The molecule has 2 aromatic carbocycles. The average molecular weight is 443 g/mol. The lowest BCUT2D eigenvalue weighted by Crippen LogP contribution is -1.99. The van der Waals surface area contributed by atoms with Crippen LogP contribution in [0.5, 0.6) is 5.75 Å². The molecule has 0 aliphatic rings. The molecular formula is C13H9N5O9S2. The van der Waals surface area contributed by atoms with Gasteiger partial charge in [-0.3, -0.25) is 9.54 Å². The number of carbonyl (C=O) groups is 1. The topological polar surface area (TPSA) is 217 Å². The Morgan fingerprint density at radius 1 is 1.21 bits per heavy atom. The Hall–Kier alpha value is -3.15. The quantitative estimate of drug-likeness (QED) is 0.117. The van der Waals surface area contributed by atoms with E-state index in [1.165, 1.54) is 18.2 Å². The number of H-pyrrole nitrogens is 1. The summed E-state index contributed by atoms with van der Waals surface area (Å²) >= 11 is 0.595. The van der Waals surface area contributed by atoms with Gasteiger partial charge in [-0.2, -0.15) is 8.42 Å². The number of hydrogen-bond acceptors (Lipinski definition) is 12. The van der Waals surface area contributed by atoms with Crippen LogP contribution >= 0.6 is 12.0 Å². The number of phenols is 1. The van der Waals surface area contributed by atoms with Crippen molar-refractivity contribution in [3.63, 3.8) is 0 Å². The Morgan fingerprint density at radius 3 is 2.59 bits per heavy atom. The van der Waals surface area contributed by atoms with Gasteiger partial charge in [0.15, 0.2) is 5.75 Å². The summed E-state index contributed by atoms with van der Waals surface area (Å²) in [4.78, 5) is 12.6. The summed E-state index contributed by atoms with van der Waals surface area (Å²) in [5, 5.41) is 45.2. The highest BCUT2D eigenvalue weighted by Gasteiger charge is 2.22. The highest BCUT2D eigenvalue weighted by atomic mass is 32.2. The Kier molecular flexibility index (Phi) is 5.73. The van der Waals surface area contributed by atoms with Crippen molar-refractivity contribution >= 4 is 50.5 Å². The van der Waals surface area contributed by atoms with Gasteiger partial charge in [0.05, 0.1) is 12.0 Å². The monoisotopic (exact) mass is 443 g/mol. The van der Waals surface area contributed by atoms with Crippen molar-refractivity contribution in [3.05, 3.63) is 30.1 Å². The van der Waals surface area contributed by atoms with Gasteiger partial charge >= 0.3 is 5.97 Å². The largest absolute Gasteiger partial charge is 0.504 e. The third kappa shape index (κ3) is 4.47. The minimum Gasteiger partial charge on any atom is -0.504 e. The fraction of sp³-hybridized carbons (Fsp3) is 0. The van der Waals surface area contributed by atoms with Crippen LogP contribution < -0.4 is 0 Å². The fourth-order valence-electron chi connectivity index (χ4n) is 2.23. The molecule has 0 fully saturated rings. The van der Waals surface area contributed by atoms with E-state index in [1.807, 2.05) is 0 Å². The molecule has 29 heavy (non-hydrogen) atoms. The number of fused-ring (bicyclic) bond motifs is 1. The zero-order valence-corrected chi connectivity index (χ0v) is 15.4. The molecule has 0 unspecified atom stereocenters. The first-order chi connectivity index (χ1) is 13.7.